The van der Waals surface area contributed by atoms with Gasteiger partial charge in [0.05, 0.1) is 13.3 Å². The fourth-order valence-electron chi connectivity index (χ4n) is 1.83. The molecule has 2 rings (SSSR count). The number of pyridine rings is 1. The number of carbonyl (C=O) groups is 1. The Hall–Kier alpha value is -2.88. The van der Waals surface area contributed by atoms with E-state index in [9.17, 15) is 9.59 Å². The molecule has 0 aliphatic rings. The quantitative estimate of drug-likeness (QED) is 0.765. The molecule has 0 spiro atoms. The summed E-state index contributed by atoms with van der Waals surface area (Å²) in [6, 6.07) is 3.42. The lowest BCUT2D eigenvalue weighted by atomic mass is 10.3. The van der Waals surface area contributed by atoms with E-state index in [0.717, 1.165) is 0 Å². The molecule has 0 unspecified atom stereocenters. The maximum Gasteiger partial charge on any atom is 0.334 e. The number of hydrogen-bond acceptors (Lipinski definition) is 5. The number of rotatable bonds is 3. The van der Waals surface area contributed by atoms with Gasteiger partial charge in [-0.2, -0.15) is 5.26 Å². The van der Waals surface area contributed by atoms with Crippen molar-refractivity contribution in [3.05, 3.63) is 40.2 Å². The number of methoxy groups -OCH3 is 1. The Morgan fingerprint density at radius 3 is 2.70 bits per heavy atom. The van der Waals surface area contributed by atoms with Crippen LogP contribution in [0, 0.1) is 11.3 Å². The summed E-state index contributed by atoms with van der Waals surface area (Å²) < 4.78 is 7.55. The van der Waals surface area contributed by atoms with Gasteiger partial charge in [0.1, 0.15) is 28.9 Å². The number of imidazole rings is 1. The van der Waals surface area contributed by atoms with Gasteiger partial charge in [-0.1, -0.05) is 0 Å². The predicted molar refractivity (Wildman–Crippen MR) is 70.1 cm³/mol. The lowest BCUT2D eigenvalue weighted by Gasteiger charge is -2.05. The summed E-state index contributed by atoms with van der Waals surface area (Å²) in [5.74, 6) is 0.385. The Morgan fingerprint density at radius 2 is 2.20 bits per heavy atom. The van der Waals surface area contributed by atoms with Crippen molar-refractivity contribution in [1.82, 2.24) is 14.1 Å². The zero-order chi connectivity index (χ0) is 14.9. The van der Waals surface area contributed by atoms with E-state index in [2.05, 4.69) is 4.98 Å². The van der Waals surface area contributed by atoms with E-state index in [1.807, 2.05) is 6.07 Å². The molecule has 102 valence electrons. The third-order valence-electron chi connectivity index (χ3n) is 2.91. The lowest BCUT2D eigenvalue weighted by Crippen LogP contribution is -2.22. The van der Waals surface area contributed by atoms with Crippen LogP contribution in [0.2, 0.25) is 0 Å². The number of ketones is 1. The van der Waals surface area contributed by atoms with Crippen LogP contribution >= 0.6 is 0 Å². The van der Waals surface area contributed by atoms with E-state index in [1.165, 1.54) is 48.7 Å². The van der Waals surface area contributed by atoms with E-state index in [1.54, 1.807) is 0 Å². The summed E-state index contributed by atoms with van der Waals surface area (Å²) >= 11 is 0. The Balaban J connectivity index is 2.64. The topological polar surface area (TPSA) is 89.9 Å². The van der Waals surface area contributed by atoms with Gasteiger partial charge in [-0.3, -0.25) is 13.9 Å². The maximum atomic E-state index is 12.1. The van der Waals surface area contributed by atoms with Gasteiger partial charge in [-0.15, -0.1) is 0 Å². The second-order valence-corrected chi connectivity index (χ2v) is 4.14. The Labute approximate surface area is 114 Å². The zero-order valence-electron chi connectivity index (χ0n) is 11.2. The molecule has 0 amide bonds. The number of nitrogens with zero attached hydrogens (tertiary/aromatic N) is 4. The summed E-state index contributed by atoms with van der Waals surface area (Å²) in [6.07, 6.45) is 2.74. The van der Waals surface area contributed by atoms with Crippen molar-refractivity contribution in [2.24, 2.45) is 7.05 Å². The molecule has 20 heavy (non-hydrogen) atoms. The van der Waals surface area contributed by atoms with Gasteiger partial charge in [0.15, 0.2) is 5.78 Å². The van der Waals surface area contributed by atoms with Crippen molar-refractivity contribution >= 4 is 5.78 Å². The standard InChI is InChI=1S/C13H12N4O3/c1-8(18)10-7-17(13(19)16(10)2)12-4-11(20-3)9(5-14)6-15-12/h4,6-7H,1-3H3. The molecule has 0 bridgehead atoms. The molecule has 0 N–H and O–H groups in total. The molecule has 0 saturated carbocycles. The minimum Gasteiger partial charge on any atom is -0.495 e. The van der Waals surface area contributed by atoms with Crippen LogP contribution in [0.4, 0.5) is 0 Å². The van der Waals surface area contributed by atoms with E-state index < -0.39 is 5.69 Å². The lowest BCUT2D eigenvalue weighted by molar-refractivity contribution is 0.101. The SMILES string of the molecule is COc1cc(-n2cc(C(C)=O)n(C)c2=O)ncc1C#N. The van der Waals surface area contributed by atoms with Gasteiger partial charge in [0.25, 0.3) is 0 Å². The summed E-state index contributed by atoms with van der Waals surface area (Å²) in [4.78, 5) is 27.5. The Morgan fingerprint density at radius 1 is 1.50 bits per heavy atom. The summed E-state index contributed by atoms with van der Waals surface area (Å²) in [6.45, 7) is 1.38. The van der Waals surface area contributed by atoms with Crippen molar-refractivity contribution in [3.8, 4) is 17.6 Å². The first-order valence-corrected chi connectivity index (χ1v) is 5.73. The highest BCUT2D eigenvalue weighted by Crippen LogP contribution is 2.19. The molecule has 0 aliphatic carbocycles. The largest absolute Gasteiger partial charge is 0.495 e. The van der Waals surface area contributed by atoms with Crippen molar-refractivity contribution in [2.75, 3.05) is 7.11 Å². The van der Waals surface area contributed by atoms with Crippen LogP contribution in [0.3, 0.4) is 0 Å². The van der Waals surface area contributed by atoms with Crippen LogP contribution in [-0.4, -0.2) is 27.0 Å². The van der Waals surface area contributed by atoms with Gasteiger partial charge >= 0.3 is 5.69 Å². The molecular weight excluding hydrogens is 260 g/mol. The molecule has 2 heterocycles. The number of nitriles is 1. The highest BCUT2D eigenvalue weighted by molar-refractivity contribution is 5.92. The Kier molecular flexibility index (Phi) is 3.39. The average Bonchev–Trinajstić information content (AvgIpc) is 2.74. The second-order valence-electron chi connectivity index (χ2n) is 4.14. The van der Waals surface area contributed by atoms with Crippen molar-refractivity contribution in [3.63, 3.8) is 0 Å². The van der Waals surface area contributed by atoms with E-state index in [4.69, 9.17) is 10.00 Å². The third kappa shape index (κ3) is 2.07. The van der Waals surface area contributed by atoms with Crippen LogP contribution in [0.5, 0.6) is 5.75 Å². The minimum atomic E-state index is -0.394. The van der Waals surface area contributed by atoms with Crippen molar-refractivity contribution in [1.29, 1.82) is 5.26 Å². The van der Waals surface area contributed by atoms with Gasteiger partial charge in [-0.25, -0.2) is 9.78 Å². The number of Topliss-reactive ketones (excluding diaryl/α,β-unsaturated/α-hetero) is 1. The number of hydrogen-bond donors (Lipinski definition) is 0. The van der Waals surface area contributed by atoms with Crippen molar-refractivity contribution in [2.45, 2.75) is 6.92 Å². The molecule has 2 aromatic rings. The van der Waals surface area contributed by atoms with E-state index in [-0.39, 0.29) is 22.9 Å². The van der Waals surface area contributed by atoms with Gasteiger partial charge < -0.3 is 4.74 Å². The summed E-state index contributed by atoms with van der Waals surface area (Å²) in [5, 5.41) is 8.90. The number of carbonyl (C=O) groups excluding carboxylic acids is 1. The molecular formula is C13H12N4O3. The number of aromatic nitrogens is 3. The minimum absolute atomic E-state index is 0.219. The molecule has 0 radical (unpaired) electrons. The number of ether oxygens (including phenoxy) is 1. The highest BCUT2D eigenvalue weighted by Gasteiger charge is 2.15. The van der Waals surface area contributed by atoms with E-state index in [0.29, 0.717) is 5.75 Å². The summed E-state index contributed by atoms with van der Waals surface area (Å²) in [5.41, 5.74) is 0.154. The smallest absolute Gasteiger partial charge is 0.334 e. The van der Waals surface area contributed by atoms with Gasteiger partial charge in [-0.05, 0) is 0 Å². The van der Waals surface area contributed by atoms with Crippen molar-refractivity contribution < 1.29 is 9.53 Å². The molecule has 7 heteroatoms. The summed E-state index contributed by atoms with van der Waals surface area (Å²) in [7, 11) is 2.94. The van der Waals surface area contributed by atoms with Crippen LogP contribution in [-0.2, 0) is 7.05 Å². The molecule has 0 fully saturated rings. The molecule has 0 saturated heterocycles. The highest BCUT2D eigenvalue weighted by atomic mass is 16.5. The maximum absolute atomic E-state index is 12.1. The molecule has 2 aromatic heterocycles. The average molecular weight is 272 g/mol. The molecule has 0 aromatic carbocycles. The van der Waals surface area contributed by atoms with Gasteiger partial charge in [0.2, 0.25) is 0 Å². The predicted octanol–water partition coefficient (Wildman–Crippen LogP) is 0.654. The fraction of sp³-hybridized carbons (Fsp3) is 0.231. The molecule has 0 atom stereocenters. The second kappa shape index (κ2) is 5.01. The van der Waals surface area contributed by atoms with Crippen LogP contribution in [0.15, 0.2) is 23.3 Å². The third-order valence-corrected chi connectivity index (χ3v) is 2.91. The van der Waals surface area contributed by atoms with Crippen LogP contribution in [0.1, 0.15) is 23.0 Å². The first-order valence-electron chi connectivity index (χ1n) is 5.73. The van der Waals surface area contributed by atoms with E-state index >= 15 is 0 Å². The monoisotopic (exact) mass is 272 g/mol. The normalized spacial score (nSPS) is 10.1. The van der Waals surface area contributed by atoms with Crippen LogP contribution < -0.4 is 10.4 Å². The Bertz CT molecular complexity index is 780. The molecule has 7 nitrogen and oxygen atoms in total. The fourth-order valence-corrected chi connectivity index (χ4v) is 1.83. The molecule has 0 aliphatic heterocycles. The zero-order valence-corrected chi connectivity index (χ0v) is 11.2. The first kappa shape index (κ1) is 13.5. The first-order chi connectivity index (χ1) is 9.49. The van der Waals surface area contributed by atoms with Crippen LogP contribution in [0.25, 0.3) is 5.82 Å². The van der Waals surface area contributed by atoms with Gasteiger partial charge in [0, 0.05) is 26.2 Å².